The summed E-state index contributed by atoms with van der Waals surface area (Å²) < 4.78 is 16.1. The maximum atomic E-state index is 14.2. The van der Waals surface area contributed by atoms with Crippen molar-refractivity contribution in [2.24, 2.45) is 0 Å². The van der Waals surface area contributed by atoms with E-state index in [1.165, 1.54) is 17.8 Å². The molecule has 3 rings (SSSR count). The zero-order chi connectivity index (χ0) is 18.2. The van der Waals surface area contributed by atoms with E-state index in [4.69, 9.17) is 0 Å². The minimum atomic E-state index is -0.313. The third-order valence-corrected chi connectivity index (χ3v) is 4.90. The van der Waals surface area contributed by atoms with Gasteiger partial charge in [0, 0.05) is 11.6 Å². The third-order valence-electron chi connectivity index (χ3n) is 3.84. The molecular weight excluding hydrogens is 339 g/mol. The topological polar surface area (TPSA) is 59.8 Å². The third kappa shape index (κ3) is 4.21. The summed E-state index contributed by atoms with van der Waals surface area (Å²) in [6.45, 7) is 7.70. The number of hydrogen-bond donors (Lipinski definition) is 1. The van der Waals surface area contributed by atoms with Gasteiger partial charge in [-0.15, -0.1) is 10.2 Å². The summed E-state index contributed by atoms with van der Waals surface area (Å²) in [5.74, 6) is 0.175. The fourth-order valence-electron chi connectivity index (χ4n) is 2.53. The van der Waals surface area contributed by atoms with Gasteiger partial charge in [-0.3, -0.25) is 9.36 Å². The molecule has 25 heavy (non-hydrogen) atoms. The second-order valence-corrected chi connectivity index (χ2v) is 8.69. The summed E-state index contributed by atoms with van der Waals surface area (Å²) in [6, 6.07) is 6.86. The van der Waals surface area contributed by atoms with Crippen molar-refractivity contribution in [2.75, 3.05) is 0 Å². The van der Waals surface area contributed by atoms with Gasteiger partial charge in [0.1, 0.15) is 5.82 Å². The Kier molecular flexibility index (Phi) is 4.86. The maximum absolute atomic E-state index is 14.2. The van der Waals surface area contributed by atoms with Crippen LogP contribution in [-0.4, -0.2) is 31.5 Å². The first-order chi connectivity index (χ1) is 11.8. The van der Waals surface area contributed by atoms with Crippen LogP contribution in [-0.2, 0) is 4.79 Å². The van der Waals surface area contributed by atoms with Crippen molar-refractivity contribution in [2.45, 2.75) is 62.5 Å². The van der Waals surface area contributed by atoms with Crippen LogP contribution in [0.5, 0.6) is 0 Å². The standard InChI is InChI=1S/C18H23FN4OS/c1-11(16(24)20-18(2,3)4)25-17-22-21-15(23(17)12-9-10-12)13-7-5-6-8-14(13)19/h5-8,11-12H,9-10H2,1-4H3,(H,20,24)/t11-/m0/s1. The Bertz CT molecular complexity index is 780. The van der Waals surface area contributed by atoms with Gasteiger partial charge in [-0.1, -0.05) is 23.9 Å². The van der Waals surface area contributed by atoms with Gasteiger partial charge in [0.25, 0.3) is 0 Å². The summed E-state index contributed by atoms with van der Waals surface area (Å²) in [7, 11) is 0. The molecule has 1 atom stereocenters. The van der Waals surface area contributed by atoms with E-state index in [2.05, 4.69) is 15.5 Å². The van der Waals surface area contributed by atoms with Crippen molar-refractivity contribution in [1.29, 1.82) is 0 Å². The maximum Gasteiger partial charge on any atom is 0.233 e. The molecule has 134 valence electrons. The molecule has 1 saturated carbocycles. The van der Waals surface area contributed by atoms with Crippen LogP contribution in [0.1, 0.15) is 46.6 Å². The van der Waals surface area contributed by atoms with Crippen LogP contribution in [0.4, 0.5) is 4.39 Å². The number of rotatable bonds is 5. The lowest BCUT2D eigenvalue weighted by molar-refractivity contribution is -0.121. The molecule has 0 saturated heterocycles. The van der Waals surface area contributed by atoms with Gasteiger partial charge in [-0.25, -0.2) is 4.39 Å². The molecule has 1 aromatic heterocycles. The molecule has 0 spiro atoms. The van der Waals surface area contributed by atoms with Crippen LogP contribution in [0.3, 0.4) is 0 Å². The molecule has 0 unspecified atom stereocenters. The molecule has 0 bridgehead atoms. The van der Waals surface area contributed by atoms with Gasteiger partial charge in [-0.05, 0) is 52.7 Å². The highest BCUT2D eigenvalue weighted by Gasteiger charge is 2.32. The summed E-state index contributed by atoms with van der Waals surface area (Å²) in [4.78, 5) is 12.3. The number of halogens is 1. The Hall–Kier alpha value is -1.89. The summed E-state index contributed by atoms with van der Waals surface area (Å²) in [5.41, 5.74) is 0.162. The highest BCUT2D eigenvalue weighted by atomic mass is 32.2. The van der Waals surface area contributed by atoms with E-state index in [-0.39, 0.29) is 28.6 Å². The Morgan fingerprint density at radius 3 is 2.60 bits per heavy atom. The second kappa shape index (κ2) is 6.78. The summed E-state index contributed by atoms with van der Waals surface area (Å²) >= 11 is 1.36. The Balaban J connectivity index is 1.86. The van der Waals surface area contributed by atoms with E-state index in [0.29, 0.717) is 16.5 Å². The van der Waals surface area contributed by atoms with Crippen molar-refractivity contribution in [3.63, 3.8) is 0 Å². The summed E-state index contributed by atoms with van der Waals surface area (Å²) in [6.07, 6.45) is 2.05. The van der Waals surface area contributed by atoms with Crippen molar-refractivity contribution in [3.05, 3.63) is 30.1 Å². The van der Waals surface area contributed by atoms with Crippen molar-refractivity contribution in [3.8, 4) is 11.4 Å². The normalized spacial score (nSPS) is 15.9. The molecule has 1 N–H and O–H groups in total. The first kappa shape index (κ1) is 17.9. The SMILES string of the molecule is C[C@H](Sc1nnc(-c2ccccc2F)n1C1CC1)C(=O)NC(C)(C)C. The van der Waals surface area contributed by atoms with Crippen LogP contribution in [0.2, 0.25) is 0 Å². The Labute approximate surface area is 151 Å². The van der Waals surface area contributed by atoms with Crippen LogP contribution in [0.25, 0.3) is 11.4 Å². The molecule has 0 radical (unpaired) electrons. The van der Waals surface area contributed by atoms with E-state index in [1.54, 1.807) is 18.2 Å². The summed E-state index contributed by atoms with van der Waals surface area (Å²) in [5, 5.41) is 11.8. The number of carbonyl (C=O) groups excluding carboxylic acids is 1. The molecule has 1 aliphatic carbocycles. The minimum absolute atomic E-state index is 0.0460. The lowest BCUT2D eigenvalue weighted by Crippen LogP contribution is -2.44. The van der Waals surface area contributed by atoms with E-state index in [1.807, 2.05) is 32.3 Å². The average molecular weight is 362 g/mol. The predicted molar refractivity (Wildman–Crippen MR) is 96.9 cm³/mol. The highest BCUT2D eigenvalue weighted by Crippen LogP contribution is 2.42. The van der Waals surface area contributed by atoms with Gasteiger partial charge >= 0.3 is 0 Å². The number of amides is 1. The molecule has 7 heteroatoms. The van der Waals surface area contributed by atoms with Gasteiger partial charge in [-0.2, -0.15) is 0 Å². The number of hydrogen-bond acceptors (Lipinski definition) is 4. The fraction of sp³-hybridized carbons (Fsp3) is 0.500. The van der Waals surface area contributed by atoms with Crippen LogP contribution in [0, 0.1) is 5.82 Å². The molecular formula is C18H23FN4OS. The largest absolute Gasteiger partial charge is 0.351 e. The Morgan fingerprint density at radius 2 is 2.00 bits per heavy atom. The number of nitrogens with one attached hydrogen (secondary N) is 1. The van der Waals surface area contributed by atoms with Crippen LogP contribution < -0.4 is 5.32 Å². The van der Waals surface area contributed by atoms with Crippen molar-refractivity contribution in [1.82, 2.24) is 20.1 Å². The zero-order valence-electron chi connectivity index (χ0n) is 14.9. The molecule has 1 fully saturated rings. The number of aromatic nitrogens is 3. The van der Waals surface area contributed by atoms with E-state index < -0.39 is 0 Å². The molecule has 2 aromatic rings. The zero-order valence-corrected chi connectivity index (χ0v) is 15.7. The number of carbonyl (C=O) groups is 1. The smallest absolute Gasteiger partial charge is 0.233 e. The fourth-order valence-corrected chi connectivity index (χ4v) is 3.45. The molecule has 1 aromatic carbocycles. The first-order valence-corrected chi connectivity index (χ1v) is 9.33. The Morgan fingerprint density at radius 1 is 1.32 bits per heavy atom. The van der Waals surface area contributed by atoms with Gasteiger partial charge < -0.3 is 5.32 Å². The predicted octanol–water partition coefficient (Wildman–Crippen LogP) is 3.81. The minimum Gasteiger partial charge on any atom is -0.351 e. The molecule has 1 heterocycles. The van der Waals surface area contributed by atoms with Gasteiger partial charge in [0.15, 0.2) is 11.0 Å². The van der Waals surface area contributed by atoms with Crippen molar-refractivity contribution >= 4 is 17.7 Å². The molecule has 0 aliphatic heterocycles. The van der Waals surface area contributed by atoms with Crippen LogP contribution in [0.15, 0.2) is 29.4 Å². The van der Waals surface area contributed by atoms with Crippen molar-refractivity contribution < 1.29 is 9.18 Å². The monoisotopic (exact) mass is 362 g/mol. The molecule has 1 aliphatic rings. The van der Waals surface area contributed by atoms with Crippen LogP contribution >= 0.6 is 11.8 Å². The number of benzene rings is 1. The molecule has 1 amide bonds. The lowest BCUT2D eigenvalue weighted by atomic mass is 10.1. The van der Waals surface area contributed by atoms with Gasteiger partial charge in [0.2, 0.25) is 5.91 Å². The van der Waals surface area contributed by atoms with E-state index in [9.17, 15) is 9.18 Å². The van der Waals surface area contributed by atoms with E-state index >= 15 is 0 Å². The van der Waals surface area contributed by atoms with Gasteiger partial charge in [0.05, 0.1) is 10.8 Å². The number of thioether (sulfide) groups is 1. The lowest BCUT2D eigenvalue weighted by Gasteiger charge is -2.23. The highest BCUT2D eigenvalue weighted by molar-refractivity contribution is 8.00. The number of nitrogens with zero attached hydrogens (tertiary/aromatic N) is 3. The second-order valence-electron chi connectivity index (χ2n) is 7.39. The molecule has 5 nitrogen and oxygen atoms in total. The first-order valence-electron chi connectivity index (χ1n) is 8.45. The average Bonchev–Trinajstić information content (AvgIpc) is 3.27. The van der Waals surface area contributed by atoms with E-state index in [0.717, 1.165) is 12.8 Å². The quantitative estimate of drug-likeness (QED) is 0.822.